The number of methoxy groups -OCH3 is 1. The summed E-state index contributed by atoms with van der Waals surface area (Å²) in [4.78, 5) is 12.6. The molecule has 9 nitrogen and oxygen atoms in total. The van der Waals surface area contributed by atoms with Crippen molar-refractivity contribution in [2.75, 3.05) is 12.4 Å². The molecule has 0 aliphatic carbocycles. The van der Waals surface area contributed by atoms with Gasteiger partial charge in [0.15, 0.2) is 0 Å². The van der Waals surface area contributed by atoms with Crippen molar-refractivity contribution in [1.82, 2.24) is 0 Å². The molecule has 4 rings (SSSR count). The van der Waals surface area contributed by atoms with Crippen molar-refractivity contribution in [2.24, 2.45) is 10.2 Å². The van der Waals surface area contributed by atoms with E-state index in [9.17, 15) is 22.9 Å². The van der Waals surface area contributed by atoms with Gasteiger partial charge in [0.05, 0.1) is 28.5 Å². The number of azo groups is 1. The van der Waals surface area contributed by atoms with Crippen molar-refractivity contribution in [3.8, 4) is 11.5 Å². The number of benzene rings is 4. The number of fused-ring (bicyclic) bond motifs is 1. The van der Waals surface area contributed by atoms with Crippen LogP contribution < -0.4 is 44.7 Å². The van der Waals surface area contributed by atoms with Crippen LogP contribution in [0, 0.1) is 0 Å². The zero-order valence-electron chi connectivity index (χ0n) is 21.0. The summed E-state index contributed by atoms with van der Waals surface area (Å²) >= 11 is 12.5. The predicted octanol–water partition coefficient (Wildman–Crippen LogP) is 3.71. The summed E-state index contributed by atoms with van der Waals surface area (Å²) in [5.41, 5.74) is 0.383. The Labute approximate surface area is 256 Å². The predicted molar refractivity (Wildman–Crippen MR) is 144 cm³/mol. The summed E-state index contributed by atoms with van der Waals surface area (Å²) in [6, 6.07) is 15.5. The van der Waals surface area contributed by atoms with Gasteiger partial charge >= 0.3 is 29.6 Å². The second-order valence-corrected chi connectivity index (χ2v) is 10.2. The van der Waals surface area contributed by atoms with E-state index >= 15 is 0 Å². The summed E-state index contributed by atoms with van der Waals surface area (Å²) in [5, 5.41) is 25.2. The number of amides is 1. The molecule has 4 aromatic rings. The van der Waals surface area contributed by atoms with Crippen LogP contribution in [0.1, 0.15) is 22.8 Å². The van der Waals surface area contributed by atoms with Crippen LogP contribution in [-0.2, 0) is 16.5 Å². The third kappa shape index (κ3) is 6.55. The first-order chi connectivity index (χ1) is 18.0. The number of ether oxygens (including phenoxy) is 1. The third-order valence-corrected chi connectivity index (χ3v) is 7.44. The fourth-order valence-electron chi connectivity index (χ4n) is 3.77. The van der Waals surface area contributed by atoms with E-state index in [0.717, 1.165) is 0 Å². The summed E-state index contributed by atoms with van der Waals surface area (Å²) in [7, 11) is -3.17. The van der Waals surface area contributed by atoms with E-state index in [1.165, 1.54) is 31.4 Å². The molecule has 196 valence electrons. The van der Waals surface area contributed by atoms with E-state index in [0.29, 0.717) is 28.5 Å². The Morgan fingerprint density at radius 3 is 2.41 bits per heavy atom. The number of nitrogens with zero attached hydrogens (tertiary/aromatic N) is 2. The quantitative estimate of drug-likeness (QED) is 0.189. The first kappa shape index (κ1) is 30.8. The van der Waals surface area contributed by atoms with Gasteiger partial charge in [0.25, 0.3) is 16.0 Å². The molecule has 0 unspecified atom stereocenters. The molecule has 0 atom stereocenters. The van der Waals surface area contributed by atoms with Crippen LogP contribution in [-0.4, -0.2) is 26.0 Å². The van der Waals surface area contributed by atoms with Gasteiger partial charge in [-0.25, -0.2) is 0 Å². The van der Waals surface area contributed by atoms with Gasteiger partial charge in [0, 0.05) is 17.0 Å². The van der Waals surface area contributed by atoms with Gasteiger partial charge in [0.1, 0.15) is 16.3 Å². The van der Waals surface area contributed by atoms with Crippen LogP contribution in [0.25, 0.3) is 10.8 Å². The number of nitrogens with one attached hydrogen (secondary N) is 1. The van der Waals surface area contributed by atoms with Crippen LogP contribution in [0.2, 0.25) is 10.0 Å². The Morgan fingerprint density at radius 2 is 1.74 bits per heavy atom. The number of aryl methyl sites for hydroxylation is 1. The van der Waals surface area contributed by atoms with E-state index < -0.39 is 26.7 Å². The Bertz CT molecular complexity index is 1710. The molecule has 0 spiro atoms. The maximum atomic E-state index is 13.5. The van der Waals surface area contributed by atoms with Crippen LogP contribution in [0.5, 0.6) is 11.5 Å². The standard InChI is InChI=1S/C26H21Cl2N3O6S.Na/c1-3-14-8-11-21(38(34,35)36)22(28)23(14)30-31-24-17-7-5-4-6-15(17)12-18(25(24)32)26(33)29-20-13-16(37-2)9-10-19(20)27;/h4-13,32H,3H2,1-2H3,(H,29,33)(H,34,35,36);/q;+1/p-1. The molecule has 0 fully saturated rings. The van der Waals surface area contributed by atoms with E-state index in [1.54, 1.807) is 43.3 Å². The number of carbonyl (C=O) groups excluding carboxylic acids is 1. The number of anilines is 1. The molecule has 0 heterocycles. The van der Waals surface area contributed by atoms with Gasteiger partial charge in [-0.15, -0.1) is 5.11 Å². The summed E-state index contributed by atoms with van der Waals surface area (Å²) in [6.07, 6.45) is 0.411. The Kier molecular flexibility index (Phi) is 10.0. The zero-order valence-corrected chi connectivity index (χ0v) is 25.4. The van der Waals surface area contributed by atoms with Crippen LogP contribution in [0.3, 0.4) is 0 Å². The van der Waals surface area contributed by atoms with Crippen molar-refractivity contribution in [3.05, 3.63) is 81.8 Å². The molecule has 13 heteroatoms. The first-order valence-corrected chi connectivity index (χ1v) is 13.3. The number of hydrogen-bond donors (Lipinski definition) is 2. The van der Waals surface area contributed by atoms with Crippen LogP contribution in [0.15, 0.2) is 75.8 Å². The van der Waals surface area contributed by atoms with Gasteiger partial charge < -0.3 is 15.2 Å². The average molecular weight is 596 g/mol. The molecule has 0 aliphatic rings. The van der Waals surface area contributed by atoms with Gasteiger partial charge in [-0.3, -0.25) is 9.35 Å². The summed E-state index contributed by atoms with van der Waals surface area (Å²) in [5.74, 6) is -0.993. The smallest absolute Gasteiger partial charge is 0.870 e. The van der Waals surface area contributed by atoms with Crippen LogP contribution >= 0.6 is 23.2 Å². The van der Waals surface area contributed by atoms with E-state index in [2.05, 4.69) is 15.5 Å². The molecule has 0 saturated heterocycles. The zero-order chi connectivity index (χ0) is 27.6. The number of halogens is 2. The van der Waals surface area contributed by atoms with Gasteiger partial charge in [-0.1, -0.05) is 66.2 Å². The number of rotatable bonds is 7. The summed E-state index contributed by atoms with van der Waals surface area (Å²) in [6.45, 7) is 1.79. The molecule has 0 saturated carbocycles. The molecule has 1 amide bonds. The molecule has 2 N–H and O–H groups in total. The number of hydrogen-bond acceptors (Lipinski definition) is 7. The summed E-state index contributed by atoms with van der Waals surface area (Å²) < 4.78 is 38.1. The second kappa shape index (κ2) is 12.6. The van der Waals surface area contributed by atoms with Gasteiger partial charge in [-0.05, 0) is 41.6 Å². The third-order valence-electron chi connectivity index (χ3n) is 5.71. The van der Waals surface area contributed by atoms with E-state index in [1.807, 2.05) is 0 Å². The molecule has 4 aromatic carbocycles. The monoisotopic (exact) mass is 595 g/mol. The van der Waals surface area contributed by atoms with Crippen molar-refractivity contribution in [2.45, 2.75) is 18.2 Å². The van der Waals surface area contributed by atoms with Gasteiger partial charge in [0.2, 0.25) is 0 Å². The minimum absolute atomic E-state index is 0. The average Bonchev–Trinajstić information content (AvgIpc) is 2.88. The van der Waals surface area contributed by atoms with Crippen molar-refractivity contribution in [1.29, 1.82) is 0 Å². The fourth-order valence-corrected chi connectivity index (χ4v) is 5.02. The maximum Gasteiger partial charge on any atom is 1.00 e. The Hall–Kier alpha value is -2.70. The molecule has 0 radical (unpaired) electrons. The number of carbonyl (C=O) groups is 1. The van der Waals surface area contributed by atoms with E-state index in [-0.39, 0.29) is 62.2 Å². The largest absolute Gasteiger partial charge is 1.00 e. The van der Waals surface area contributed by atoms with Crippen molar-refractivity contribution >= 4 is 67.1 Å². The van der Waals surface area contributed by atoms with Crippen LogP contribution in [0.4, 0.5) is 17.1 Å². The fraction of sp³-hybridized carbons (Fsp3) is 0.115. The second-order valence-electron chi connectivity index (χ2n) is 8.04. The van der Waals surface area contributed by atoms with Crippen molar-refractivity contribution < 1.29 is 57.2 Å². The minimum atomic E-state index is -4.63. The molecule has 0 bridgehead atoms. The van der Waals surface area contributed by atoms with E-state index in [4.69, 9.17) is 27.9 Å². The molecule has 0 aliphatic heterocycles. The van der Waals surface area contributed by atoms with Gasteiger partial charge in [-0.2, -0.15) is 13.5 Å². The SMILES string of the molecule is CCc1ccc(S(=O)(=O)O)c(Cl)c1N=Nc1c([O-])c(C(=O)Nc2cc(OC)ccc2Cl)cc2ccccc12.[Na+]. The maximum absolute atomic E-state index is 13.5. The Balaban J connectivity index is 0.00000420. The molecular weight excluding hydrogens is 576 g/mol. The molecule has 39 heavy (non-hydrogen) atoms. The Morgan fingerprint density at radius 1 is 1.05 bits per heavy atom. The topological polar surface area (TPSA) is 140 Å². The van der Waals surface area contributed by atoms with Crippen molar-refractivity contribution in [3.63, 3.8) is 0 Å². The minimum Gasteiger partial charge on any atom is -0.870 e. The normalized spacial score (nSPS) is 11.4. The molecular formula is C26H20Cl2N3NaO6S. The molecule has 0 aromatic heterocycles. The first-order valence-electron chi connectivity index (χ1n) is 11.1.